The second-order valence-electron chi connectivity index (χ2n) is 3.82. The molecule has 76 valence electrons. The highest BCUT2D eigenvalue weighted by Crippen LogP contribution is 2.31. The molecule has 0 unspecified atom stereocenters. The molecule has 0 aliphatic carbocycles. The van der Waals surface area contributed by atoms with Gasteiger partial charge in [0.05, 0.1) is 10.2 Å². The van der Waals surface area contributed by atoms with E-state index in [0.717, 1.165) is 4.96 Å². The first kappa shape index (κ1) is 8.30. The topological polar surface area (TPSA) is 17.3 Å². The van der Waals surface area contributed by atoms with Crippen molar-refractivity contribution >= 4 is 37.3 Å². The molecule has 0 aliphatic heterocycles. The van der Waals surface area contributed by atoms with Gasteiger partial charge in [-0.2, -0.15) is 0 Å². The van der Waals surface area contributed by atoms with Crippen LogP contribution < -0.4 is 0 Å². The number of imidazole rings is 1. The monoisotopic (exact) mass is 224 g/mol. The minimum absolute atomic E-state index is 1.06. The Morgan fingerprint density at radius 2 is 2.00 bits per heavy atom. The van der Waals surface area contributed by atoms with Gasteiger partial charge in [0, 0.05) is 17.8 Å². The molecule has 2 nitrogen and oxygen atoms in total. The van der Waals surface area contributed by atoms with E-state index in [0.29, 0.717) is 0 Å². The Hall–Kier alpha value is -1.87. The largest absolute Gasteiger partial charge is 0.290 e. The first-order valence-electron chi connectivity index (χ1n) is 5.17. The lowest BCUT2D eigenvalue weighted by atomic mass is 10.1. The molecule has 4 aromatic rings. The van der Waals surface area contributed by atoms with E-state index in [-0.39, 0.29) is 0 Å². The van der Waals surface area contributed by atoms with Crippen LogP contribution in [0.3, 0.4) is 0 Å². The Kier molecular flexibility index (Phi) is 1.47. The van der Waals surface area contributed by atoms with Crippen LogP contribution in [0.2, 0.25) is 0 Å². The molecule has 0 saturated heterocycles. The van der Waals surface area contributed by atoms with Crippen molar-refractivity contribution in [3.05, 3.63) is 48.8 Å². The summed E-state index contributed by atoms with van der Waals surface area (Å²) >= 11 is 1.74. The molecule has 4 rings (SSSR count). The van der Waals surface area contributed by atoms with Crippen molar-refractivity contribution in [1.82, 2.24) is 9.38 Å². The van der Waals surface area contributed by atoms with E-state index < -0.39 is 0 Å². The molecule has 16 heavy (non-hydrogen) atoms. The summed E-state index contributed by atoms with van der Waals surface area (Å²) in [4.78, 5) is 5.41. The van der Waals surface area contributed by atoms with Gasteiger partial charge in [0.1, 0.15) is 0 Å². The van der Waals surface area contributed by atoms with E-state index in [1.54, 1.807) is 11.3 Å². The minimum Gasteiger partial charge on any atom is -0.290 e. The molecule has 0 aliphatic rings. The average Bonchev–Trinajstić information content (AvgIpc) is 2.88. The molecule has 0 spiro atoms. The Balaban J connectivity index is 2.41. The Bertz CT molecular complexity index is 810. The predicted octanol–water partition coefficient (Wildman–Crippen LogP) is 3.70. The van der Waals surface area contributed by atoms with Crippen molar-refractivity contribution in [3.8, 4) is 0 Å². The number of hydrogen-bond donors (Lipinski definition) is 0. The lowest BCUT2D eigenvalue weighted by molar-refractivity contribution is 1.31. The van der Waals surface area contributed by atoms with Gasteiger partial charge in [-0.15, -0.1) is 0 Å². The van der Waals surface area contributed by atoms with Crippen LogP contribution in [0.25, 0.3) is 25.9 Å². The van der Waals surface area contributed by atoms with E-state index in [4.69, 9.17) is 0 Å². The van der Waals surface area contributed by atoms with E-state index in [2.05, 4.69) is 45.8 Å². The second kappa shape index (κ2) is 2.83. The molecule has 0 fully saturated rings. The third-order valence-electron chi connectivity index (χ3n) is 2.91. The predicted molar refractivity (Wildman–Crippen MR) is 68.1 cm³/mol. The zero-order valence-electron chi connectivity index (χ0n) is 8.42. The third kappa shape index (κ3) is 0.933. The molecule has 2 aromatic heterocycles. The quantitative estimate of drug-likeness (QED) is 0.445. The summed E-state index contributed by atoms with van der Waals surface area (Å²) in [6, 6.07) is 12.8. The molecule has 3 heteroatoms. The third-order valence-corrected chi connectivity index (χ3v) is 3.95. The second-order valence-corrected chi connectivity index (χ2v) is 4.82. The smallest absolute Gasteiger partial charge is 0.194 e. The summed E-state index contributed by atoms with van der Waals surface area (Å²) in [6.45, 7) is 0. The summed E-state index contributed by atoms with van der Waals surface area (Å²) in [7, 11) is 0. The highest BCUT2D eigenvalue weighted by Gasteiger charge is 2.07. The zero-order valence-corrected chi connectivity index (χ0v) is 9.24. The molecule has 0 saturated carbocycles. The molecule has 2 heterocycles. The number of rotatable bonds is 0. The van der Waals surface area contributed by atoms with Gasteiger partial charge in [0.25, 0.3) is 0 Å². The summed E-state index contributed by atoms with van der Waals surface area (Å²) in [5.41, 5.74) is 1.27. The van der Waals surface area contributed by atoms with Crippen LogP contribution in [0.4, 0.5) is 0 Å². The van der Waals surface area contributed by atoms with Crippen LogP contribution in [-0.2, 0) is 0 Å². The van der Waals surface area contributed by atoms with Crippen LogP contribution in [0, 0.1) is 0 Å². The SMILES string of the molecule is c1ccc2c(c1)ccc1sc3nccn3c12. The van der Waals surface area contributed by atoms with Gasteiger partial charge in [-0.25, -0.2) is 4.98 Å². The summed E-state index contributed by atoms with van der Waals surface area (Å²) in [5.74, 6) is 0. The van der Waals surface area contributed by atoms with Crippen molar-refractivity contribution in [2.24, 2.45) is 0 Å². The molecule has 0 amide bonds. The number of thiazole rings is 1. The summed E-state index contributed by atoms with van der Waals surface area (Å²) < 4.78 is 3.46. The van der Waals surface area contributed by atoms with Gasteiger partial charge >= 0.3 is 0 Å². The Labute approximate surface area is 95.8 Å². The Morgan fingerprint density at radius 1 is 1.06 bits per heavy atom. The normalized spacial score (nSPS) is 11.8. The van der Waals surface area contributed by atoms with Crippen LogP contribution in [0.15, 0.2) is 48.8 Å². The molecular formula is C13H8N2S. The van der Waals surface area contributed by atoms with Crippen LogP contribution in [0.1, 0.15) is 0 Å². The number of hydrogen-bond acceptors (Lipinski definition) is 2. The fraction of sp³-hybridized carbons (Fsp3) is 0. The maximum Gasteiger partial charge on any atom is 0.194 e. The van der Waals surface area contributed by atoms with E-state index in [9.17, 15) is 0 Å². The van der Waals surface area contributed by atoms with Gasteiger partial charge in [0.15, 0.2) is 4.96 Å². The fourth-order valence-corrected chi connectivity index (χ4v) is 3.20. The average molecular weight is 224 g/mol. The maximum atomic E-state index is 4.34. The number of nitrogens with zero attached hydrogens (tertiary/aromatic N) is 2. The van der Waals surface area contributed by atoms with Crippen molar-refractivity contribution in [3.63, 3.8) is 0 Å². The van der Waals surface area contributed by atoms with Crippen molar-refractivity contribution in [2.75, 3.05) is 0 Å². The van der Waals surface area contributed by atoms with Crippen molar-refractivity contribution in [1.29, 1.82) is 0 Å². The van der Waals surface area contributed by atoms with E-state index >= 15 is 0 Å². The lowest BCUT2D eigenvalue weighted by Gasteiger charge is -1.99. The van der Waals surface area contributed by atoms with Crippen molar-refractivity contribution < 1.29 is 0 Å². The van der Waals surface area contributed by atoms with Gasteiger partial charge in [-0.05, 0) is 11.5 Å². The summed E-state index contributed by atoms with van der Waals surface area (Å²) in [5, 5.41) is 2.58. The lowest BCUT2D eigenvalue weighted by Crippen LogP contribution is -1.79. The standard InChI is InChI=1S/C13H8N2S/c1-2-4-10-9(3-1)5-6-11-12(10)15-8-7-14-13(15)16-11/h1-8H. The van der Waals surface area contributed by atoms with Gasteiger partial charge in [-0.3, -0.25) is 4.40 Å². The van der Waals surface area contributed by atoms with Crippen LogP contribution in [-0.4, -0.2) is 9.38 Å². The van der Waals surface area contributed by atoms with E-state index in [1.807, 2.05) is 12.4 Å². The first-order valence-corrected chi connectivity index (χ1v) is 5.98. The zero-order chi connectivity index (χ0) is 10.5. The highest BCUT2D eigenvalue weighted by molar-refractivity contribution is 7.23. The molecule has 0 N–H and O–H groups in total. The number of benzene rings is 2. The minimum atomic E-state index is 1.06. The molecule has 0 bridgehead atoms. The van der Waals surface area contributed by atoms with Crippen molar-refractivity contribution in [2.45, 2.75) is 0 Å². The summed E-state index contributed by atoms with van der Waals surface area (Å²) in [6.07, 6.45) is 3.88. The number of fused-ring (bicyclic) bond motifs is 5. The molecule has 0 radical (unpaired) electrons. The van der Waals surface area contributed by atoms with Crippen LogP contribution >= 0.6 is 11.3 Å². The number of aromatic nitrogens is 2. The molecule has 0 atom stereocenters. The molecular weight excluding hydrogens is 216 g/mol. The highest BCUT2D eigenvalue weighted by atomic mass is 32.1. The van der Waals surface area contributed by atoms with Gasteiger partial charge in [-0.1, -0.05) is 41.7 Å². The van der Waals surface area contributed by atoms with Gasteiger partial charge in [0.2, 0.25) is 0 Å². The van der Waals surface area contributed by atoms with Gasteiger partial charge < -0.3 is 0 Å². The molecule has 2 aromatic carbocycles. The van der Waals surface area contributed by atoms with E-state index in [1.165, 1.54) is 21.0 Å². The first-order chi connectivity index (χ1) is 7.93. The Morgan fingerprint density at radius 3 is 3.00 bits per heavy atom. The maximum absolute atomic E-state index is 4.34. The van der Waals surface area contributed by atoms with Crippen LogP contribution in [0.5, 0.6) is 0 Å². The fourth-order valence-electron chi connectivity index (χ4n) is 2.20.